The first-order chi connectivity index (χ1) is 9.22. The second-order valence-corrected chi connectivity index (χ2v) is 8.17. The number of carboxylic acids is 1. The van der Waals surface area contributed by atoms with Crippen molar-refractivity contribution in [1.29, 1.82) is 0 Å². The van der Waals surface area contributed by atoms with Crippen molar-refractivity contribution < 1.29 is 23.1 Å². The van der Waals surface area contributed by atoms with Gasteiger partial charge >= 0.3 is 12.0 Å². The largest absolute Gasteiger partial charge is 0.481 e. The third-order valence-corrected chi connectivity index (χ3v) is 5.83. The van der Waals surface area contributed by atoms with E-state index >= 15 is 0 Å². The Balaban J connectivity index is 1.94. The summed E-state index contributed by atoms with van der Waals surface area (Å²) in [6.45, 7) is 2.30. The molecule has 114 valence electrons. The molecule has 8 heteroatoms. The van der Waals surface area contributed by atoms with Gasteiger partial charge in [0.15, 0.2) is 9.84 Å². The number of carbonyl (C=O) groups excluding carboxylic acids is 1. The molecule has 2 rings (SSSR count). The summed E-state index contributed by atoms with van der Waals surface area (Å²) >= 11 is 0. The number of amides is 2. The number of nitrogens with zero attached hydrogens (tertiary/aromatic N) is 1. The Bertz CT molecular complexity index is 518. The Morgan fingerprint density at radius 2 is 2.10 bits per heavy atom. The van der Waals surface area contributed by atoms with Crippen LogP contribution in [0.25, 0.3) is 0 Å². The fourth-order valence-electron chi connectivity index (χ4n) is 2.76. The first-order valence-corrected chi connectivity index (χ1v) is 8.53. The van der Waals surface area contributed by atoms with Gasteiger partial charge in [-0.3, -0.25) is 4.79 Å². The summed E-state index contributed by atoms with van der Waals surface area (Å²) in [7, 11) is -3.04. The Hall–Kier alpha value is -1.31. The summed E-state index contributed by atoms with van der Waals surface area (Å²) in [5.74, 6) is -0.827. The molecule has 2 N–H and O–H groups in total. The van der Waals surface area contributed by atoms with Crippen LogP contribution in [0.2, 0.25) is 0 Å². The van der Waals surface area contributed by atoms with Crippen LogP contribution >= 0.6 is 0 Å². The number of aliphatic carboxylic acids is 1. The third kappa shape index (κ3) is 3.23. The molecule has 0 saturated carbocycles. The zero-order chi connectivity index (χ0) is 15.0. The molecule has 0 aromatic heterocycles. The highest BCUT2D eigenvalue weighted by molar-refractivity contribution is 7.91. The second kappa shape index (κ2) is 5.23. The predicted molar refractivity (Wildman–Crippen MR) is 72.1 cm³/mol. The number of carboxylic acid groups (broad SMARTS) is 1. The minimum Gasteiger partial charge on any atom is -0.481 e. The van der Waals surface area contributed by atoms with E-state index < -0.39 is 21.2 Å². The van der Waals surface area contributed by atoms with E-state index in [4.69, 9.17) is 0 Å². The molecule has 2 heterocycles. The summed E-state index contributed by atoms with van der Waals surface area (Å²) in [6, 6.07) is -0.718. The Labute approximate surface area is 118 Å². The number of sulfone groups is 1. The predicted octanol–water partition coefficient (Wildman–Crippen LogP) is 0.0698. The van der Waals surface area contributed by atoms with Crippen molar-refractivity contribution in [3.63, 3.8) is 0 Å². The molecule has 0 bridgehead atoms. The van der Waals surface area contributed by atoms with Gasteiger partial charge in [-0.05, 0) is 26.2 Å². The van der Waals surface area contributed by atoms with Crippen molar-refractivity contribution in [3.8, 4) is 0 Å². The zero-order valence-corrected chi connectivity index (χ0v) is 12.3. The van der Waals surface area contributed by atoms with Gasteiger partial charge in [0.05, 0.1) is 16.9 Å². The molecule has 2 fully saturated rings. The number of urea groups is 1. The normalized spacial score (nSPS) is 32.9. The van der Waals surface area contributed by atoms with E-state index in [1.807, 2.05) is 0 Å². The summed E-state index contributed by atoms with van der Waals surface area (Å²) in [6.07, 6.45) is 1.61. The molecule has 2 atom stereocenters. The highest BCUT2D eigenvalue weighted by Crippen LogP contribution is 2.29. The van der Waals surface area contributed by atoms with Crippen LogP contribution in [0.1, 0.15) is 26.2 Å². The standard InChI is InChI=1S/C12H20N2O5S/c1-12(10(15)16)4-2-5-14(8-12)11(17)13-9-3-6-20(18,19)7-9/h9H,2-8H2,1H3,(H,13,17)(H,15,16). The van der Waals surface area contributed by atoms with E-state index in [1.165, 1.54) is 4.90 Å². The Morgan fingerprint density at radius 1 is 1.40 bits per heavy atom. The maximum Gasteiger partial charge on any atom is 0.317 e. The van der Waals surface area contributed by atoms with Crippen LogP contribution in [0.4, 0.5) is 4.79 Å². The average Bonchev–Trinajstić information content (AvgIpc) is 2.68. The van der Waals surface area contributed by atoms with Crippen LogP contribution in [-0.4, -0.2) is 61.1 Å². The summed E-state index contributed by atoms with van der Waals surface area (Å²) in [5.41, 5.74) is -0.919. The van der Waals surface area contributed by atoms with Crippen molar-refractivity contribution in [2.75, 3.05) is 24.6 Å². The molecule has 0 aliphatic carbocycles. The average molecular weight is 304 g/mol. The van der Waals surface area contributed by atoms with Gasteiger partial charge in [-0.25, -0.2) is 13.2 Å². The number of piperidine rings is 1. The number of nitrogens with one attached hydrogen (secondary N) is 1. The maximum atomic E-state index is 12.1. The van der Waals surface area contributed by atoms with Crippen LogP contribution in [0.3, 0.4) is 0 Å². The van der Waals surface area contributed by atoms with Crippen molar-refractivity contribution in [1.82, 2.24) is 10.2 Å². The smallest absolute Gasteiger partial charge is 0.317 e. The summed E-state index contributed by atoms with van der Waals surface area (Å²) in [5, 5.41) is 11.9. The molecule has 2 aliphatic rings. The monoisotopic (exact) mass is 304 g/mol. The van der Waals surface area contributed by atoms with Gasteiger partial charge in [0, 0.05) is 19.1 Å². The first-order valence-electron chi connectivity index (χ1n) is 6.71. The van der Waals surface area contributed by atoms with Crippen molar-refractivity contribution >= 4 is 21.8 Å². The maximum absolute atomic E-state index is 12.1. The molecule has 0 aromatic rings. The van der Waals surface area contributed by atoms with Gasteiger partial charge in [0.1, 0.15) is 0 Å². The van der Waals surface area contributed by atoms with Gasteiger partial charge in [-0.15, -0.1) is 0 Å². The van der Waals surface area contributed by atoms with Gasteiger partial charge in [-0.1, -0.05) is 0 Å². The summed E-state index contributed by atoms with van der Waals surface area (Å²) in [4.78, 5) is 24.8. The van der Waals surface area contributed by atoms with Gasteiger partial charge in [0.2, 0.25) is 0 Å². The van der Waals surface area contributed by atoms with Crippen LogP contribution < -0.4 is 5.32 Å². The molecular weight excluding hydrogens is 284 g/mol. The van der Waals surface area contributed by atoms with Crippen molar-refractivity contribution in [3.05, 3.63) is 0 Å². The topological polar surface area (TPSA) is 104 Å². The van der Waals surface area contributed by atoms with Crippen LogP contribution in [0.5, 0.6) is 0 Å². The quantitative estimate of drug-likeness (QED) is 0.751. The molecule has 2 aliphatic heterocycles. The third-order valence-electron chi connectivity index (χ3n) is 4.06. The molecular formula is C12H20N2O5S. The van der Waals surface area contributed by atoms with Crippen LogP contribution in [-0.2, 0) is 14.6 Å². The lowest BCUT2D eigenvalue weighted by atomic mass is 9.82. The number of likely N-dealkylation sites (tertiary alicyclic amines) is 1. The fourth-order valence-corrected chi connectivity index (χ4v) is 4.44. The molecule has 0 spiro atoms. The van der Waals surface area contributed by atoms with Crippen molar-refractivity contribution in [2.24, 2.45) is 5.41 Å². The van der Waals surface area contributed by atoms with Crippen LogP contribution in [0, 0.1) is 5.41 Å². The van der Waals surface area contributed by atoms with Gasteiger partial charge < -0.3 is 15.3 Å². The first kappa shape index (κ1) is 15.1. The molecule has 0 aromatic carbocycles. The Morgan fingerprint density at radius 3 is 2.65 bits per heavy atom. The number of hydrogen-bond donors (Lipinski definition) is 2. The Kier molecular flexibility index (Phi) is 3.95. The number of rotatable bonds is 2. The van der Waals surface area contributed by atoms with E-state index in [9.17, 15) is 23.1 Å². The van der Waals surface area contributed by atoms with E-state index in [-0.39, 0.29) is 30.1 Å². The second-order valence-electron chi connectivity index (χ2n) is 5.94. The SMILES string of the molecule is CC1(C(=O)O)CCCN(C(=O)NC2CCS(=O)(=O)C2)C1. The minimum atomic E-state index is -3.04. The highest BCUT2D eigenvalue weighted by Gasteiger charge is 2.40. The van der Waals surface area contributed by atoms with E-state index in [0.717, 1.165) is 0 Å². The van der Waals surface area contributed by atoms with Gasteiger partial charge in [0.25, 0.3) is 0 Å². The lowest BCUT2D eigenvalue weighted by Gasteiger charge is -2.37. The van der Waals surface area contributed by atoms with Gasteiger partial charge in [-0.2, -0.15) is 0 Å². The zero-order valence-electron chi connectivity index (χ0n) is 11.5. The van der Waals surface area contributed by atoms with E-state index in [0.29, 0.717) is 25.8 Å². The highest BCUT2D eigenvalue weighted by atomic mass is 32.2. The number of hydrogen-bond acceptors (Lipinski definition) is 4. The fraction of sp³-hybridized carbons (Fsp3) is 0.833. The summed E-state index contributed by atoms with van der Waals surface area (Å²) < 4.78 is 22.7. The van der Waals surface area contributed by atoms with Crippen LogP contribution in [0.15, 0.2) is 0 Å². The molecule has 2 saturated heterocycles. The van der Waals surface area contributed by atoms with E-state index in [1.54, 1.807) is 6.92 Å². The number of carbonyl (C=O) groups is 2. The van der Waals surface area contributed by atoms with E-state index in [2.05, 4.69) is 5.32 Å². The van der Waals surface area contributed by atoms with Crippen molar-refractivity contribution in [2.45, 2.75) is 32.2 Å². The molecule has 7 nitrogen and oxygen atoms in total. The molecule has 2 amide bonds. The lowest BCUT2D eigenvalue weighted by Crippen LogP contribution is -2.53. The molecule has 20 heavy (non-hydrogen) atoms. The molecule has 2 unspecified atom stereocenters. The minimum absolute atomic E-state index is 0.0250. The molecule has 0 radical (unpaired) electrons. The lowest BCUT2D eigenvalue weighted by molar-refractivity contribution is -0.150.